The van der Waals surface area contributed by atoms with Crippen LogP contribution >= 0.6 is 0 Å². The Labute approximate surface area is 169 Å². The smallest absolute Gasteiger partial charge is 0.338 e. The second kappa shape index (κ2) is 8.58. The summed E-state index contributed by atoms with van der Waals surface area (Å²) in [4.78, 5) is 20.6. The Hall–Kier alpha value is -2.98. The number of hydrogen-bond donors (Lipinski definition) is 1. The Morgan fingerprint density at radius 3 is 2.62 bits per heavy atom. The van der Waals surface area contributed by atoms with Crippen molar-refractivity contribution < 1.29 is 28.3 Å². The summed E-state index contributed by atoms with van der Waals surface area (Å²) in [6.07, 6.45) is 1.54. The molecule has 1 atom stereocenters. The number of fused-ring (bicyclic) bond motifs is 1. The van der Waals surface area contributed by atoms with Crippen LogP contribution in [0.2, 0.25) is 0 Å². The molecule has 0 amide bonds. The largest absolute Gasteiger partial charge is 0.493 e. The molecule has 9 nitrogen and oxygen atoms in total. The zero-order valence-electron chi connectivity index (χ0n) is 16.5. The molecule has 0 bridgehead atoms. The van der Waals surface area contributed by atoms with Gasteiger partial charge in [-0.2, -0.15) is 0 Å². The van der Waals surface area contributed by atoms with Gasteiger partial charge in [0.25, 0.3) is 0 Å². The summed E-state index contributed by atoms with van der Waals surface area (Å²) in [6, 6.07) is 4.91. The Balaban J connectivity index is 2.06. The number of aryl methyl sites for hydroxylation is 1. The van der Waals surface area contributed by atoms with Gasteiger partial charge in [-0.1, -0.05) is 0 Å². The minimum absolute atomic E-state index is 0.00648. The summed E-state index contributed by atoms with van der Waals surface area (Å²) in [5.74, 6) is 0.373. The van der Waals surface area contributed by atoms with E-state index >= 15 is 0 Å². The third kappa shape index (κ3) is 3.81. The van der Waals surface area contributed by atoms with Gasteiger partial charge in [0.1, 0.15) is 6.73 Å². The summed E-state index contributed by atoms with van der Waals surface area (Å²) in [5, 5.41) is 10.0. The maximum Gasteiger partial charge on any atom is 0.338 e. The average Bonchev–Trinajstić information content (AvgIpc) is 3.09. The quantitative estimate of drug-likeness (QED) is 0.577. The van der Waals surface area contributed by atoms with E-state index in [1.165, 1.54) is 32.1 Å². The molecule has 2 heterocycles. The van der Waals surface area contributed by atoms with E-state index in [4.69, 9.17) is 14.2 Å². The molecule has 10 heteroatoms. The number of imidazole rings is 1. The predicted molar refractivity (Wildman–Crippen MR) is 105 cm³/mol. The van der Waals surface area contributed by atoms with Crippen LogP contribution in [-0.2, 0) is 28.0 Å². The van der Waals surface area contributed by atoms with Crippen LogP contribution < -0.4 is 9.47 Å². The maximum atomic E-state index is 13.1. The van der Waals surface area contributed by atoms with Gasteiger partial charge in [0.05, 0.1) is 60.2 Å². The molecule has 1 N–H and O–H groups in total. The highest BCUT2D eigenvalue weighted by Gasteiger charge is 2.22. The van der Waals surface area contributed by atoms with Gasteiger partial charge < -0.3 is 19.3 Å². The molecular weight excluding hydrogens is 398 g/mol. The number of carbonyl (C=O) groups is 1. The van der Waals surface area contributed by atoms with Crippen molar-refractivity contribution in [2.45, 2.75) is 24.6 Å². The summed E-state index contributed by atoms with van der Waals surface area (Å²) in [5.41, 5.74) is 2.45. The second-order valence-corrected chi connectivity index (χ2v) is 7.44. The minimum atomic E-state index is -1.65. The number of esters is 1. The van der Waals surface area contributed by atoms with Crippen LogP contribution in [0, 0.1) is 6.92 Å². The number of rotatable bonds is 7. The lowest BCUT2D eigenvalue weighted by Gasteiger charge is -2.11. The number of methoxy groups -OCH3 is 3. The van der Waals surface area contributed by atoms with E-state index in [0.717, 1.165) is 0 Å². The molecule has 0 fully saturated rings. The van der Waals surface area contributed by atoms with Gasteiger partial charge >= 0.3 is 5.97 Å². The van der Waals surface area contributed by atoms with E-state index in [2.05, 4.69) is 9.97 Å². The van der Waals surface area contributed by atoms with Crippen molar-refractivity contribution in [3.63, 3.8) is 0 Å². The lowest BCUT2D eigenvalue weighted by atomic mass is 10.1. The number of aliphatic hydroxyl groups excluding tert-OH is 1. The van der Waals surface area contributed by atoms with Crippen LogP contribution in [-0.4, -0.2) is 51.1 Å². The number of carbonyl (C=O) groups excluding carboxylic acids is 1. The van der Waals surface area contributed by atoms with Gasteiger partial charge in [-0.25, -0.2) is 9.78 Å². The second-order valence-electron chi connectivity index (χ2n) is 6.09. The molecule has 2 aromatic heterocycles. The van der Waals surface area contributed by atoms with Crippen LogP contribution in [0.5, 0.6) is 11.5 Å². The molecule has 3 rings (SSSR count). The third-order valence-corrected chi connectivity index (χ3v) is 5.70. The van der Waals surface area contributed by atoms with Crippen molar-refractivity contribution in [2.24, 2.45) is 0 Å². The Bertz CT molecular complexity index is 1100. The molecule has 0 spiro atoms. The number of hydrogen-bond acceptors (Lipinski definition) is 8. The number of benzene rings is 1. The Morgan fingerprint density at radius 2 is 2.00 bits per heavy atom. The molecule has 0 saturated carbocycles. The number of aliphatic hydroxyl groups is 1. The molecule has 0 saturated heterocycles. The van der Waals surface area contributed by atoms with Gasteiger partial charge in [-0.15, -0.1) is 0 Å². The van der Waals surface area contributed by atoms with E-state index in [-0.39, 0.29) is 10.9 Å². The normalized spacial score (nSPS) is 12.0. The van der Waals surface area contributed by atoms with Crippen LogP contribution in [0.25, 0.3) is 11.0 Å². The van der Waals surface area contributed by atoms with E-state index in [9.17, 15) is 14.1 Å². The zero-order chi connectivity index (χ0) is 21.1. The summed E-state index contributed by atoms with van der Waals surface area (Å²) in [6.45, 7) is 1.30. The highest BCUT2D eigenvalue weighted by Crippen LogP contribution is 2.31. The highest BCUT2D eigenvalue weighted by molar-refractivity contribution is 7.84. The molecule has 1 aromatic carbocycles. The fraction of sp³-hybridized carbons (Fsp3) is 0.316. The molecule has 29 heavy (non-hydrogen) atoms. The van der Waals surface area contributed by atoms with Gasteiger partial charge in [-0.3, -0.25) is 13.8 Å². The first-order chi connectivity index (χ1) is 13.9. The first-order valence-electron chi connectivity index (χ1n) is 8.59. The fourth-order valence-electron chi connectivity index (χ4n) is 3.04. The van der Waals surface area contributed by atoms with Crippen molar-refractivity contribution >= 4 is 27.8 Å². The molecule has 154 valence electrons. The van der Waals surface area contributed by atoms with Crippen LogP contribution in [0.4, 0.5) is 0 Å². The van der Waals surface area contributed by atoms with Crippen molar-refractivity contribution in [1.29, 1.82) is 0 Å². The topological polar surface area (TPSA) is 113 Å². The lowest BCUT2D eigenvalue weighted by Crippen LogP contribution is -2.10. The molecule has 3 aromatic rings. The molecule has 1 unspecified atom stereocenters. The first kappa shape index (κ1) is 20.7. The fourth-order valence-corrected chi connectivity index (χ4v) is 4.22. The van der Waals surface area contributed by atoms with Gasteiger partial charge in [-0.05, 0) is 24.6 Å². The van der Waals surface area contributed by atoms with E-state index in [1.54, 1.807) is 25.1 Å². The van der Waals surface area contributed by atoms with E-state index < -0.39 is 23.5 Å². The van der Waals surface area contributed by atoms with Crippen molar-refractivity contribution in [2.75, 3.05) is 21.3 Å². The molecule has 0 radical (unpaired) electrons. The average molecular weight is 419 g/mol. The van der Waals surface area contributed by atoms with Gasteiger partial charge in [0.2, 0.25) is 5.16 Å². The maximum absolute atomic E-state index is 13.1. The van der Waals surface area contributed by atoms with Crippen LogP contribution in [0.15, 0.2) is 29.6 Å². The summed E-state index contributed by atoms with van der Waals surface area (Å²) < 4.78 is 29.9. The number of pyridine rings is 1. The monoisotopic (exact) mass is 419 g/mol. The number of ether oxygens (including phenoxy) is 3. The van der Waals surface area contributed by atoms with Crippen molar-refractivity contribution in [3.05, 3.63) is 41.2 Å². The minimum Gasteiger partial charge on any atom is -0.493 e. The van der Waals surface area contributed by atoms with Crippen LogP contribution in [0.3, 0.4) is 0 Å². The lowest BCUT2D eigenvalue weighted by molar-refractivity contribution is 0.0600. The van der Waals surface area contributed by atoms with Gasteiger partial charge in [0, 0.05) is 12.3 Å². The Kier molecular flexibility index (Phi) is 6.14. The molecule has 0 aliphatic heterocycles. The zero-order valence-corrected chi connectivity index (χ0v) is 17.3. The van der Waals surface area contributed by atoms with Crippen LogP contribution in [0.1, 0.15) is 21.6 Å². The standard InChI is InChI=1S/C19H21N3O6S/c1-11-7-13-15(8-12(11)18(24)28-4)22(10-23)19(21-13)29(25)9-14-17(27-3)16(26-2)5-6-20-14/h5-8,23H,9-10H2,1-4H3. The first-order valence-corrected chi connectivity index (χ1v) is 9.91. The number of nitrogens with zero attached hydrogens (tertiary/aromatic N) is 3. The molecule has 0 aliphatic rings. The summed E-state index contributed by atoms with van der Waals surface area (Å²) >= 11 is 0. The number of aromatic nitrogens is 3. The highest BCUT2D eigenvalue weighted by atomic mass is 32.2. The molecule has 0 aliphatic carbocycles. The predicted octanol–water partition coefficient (Wildman–Crippen LogP) is 1.80. The third-order valence-electron chi connectivity index (χ3n) is 4.44. The van der Waals surface area contributed by atoms with Crippen molar-refractivity contribution in [3.8, 4) is 11.5 Å². The van der Waals surface area contributed by atoms with Crippen molar-refractivity contribution in [1.82, 2.24) is 14.5 Å². The SMILES string of the molecule is COC(=O)c1cc2c(cc1C)nc(S(=O)Cc1nccc(OC)c1OC)n2CO. The van der Waals surface area contributed by atoms with Gasteiger partial charge in [0.15, 0.2) is 11.5 Å². The summed E-state index contributed by atoms with van der Waals surface area (Å²) in [7, 11) is 2.63. The molecular formula is C19H21N3O6S. The van der Waals surface area contributed by atoms with E-state index in [0.29, 0.717) is 39.4 Å². The van der Waals surface area contributed by atoms with E-state index in [1.807, 2.05) is 0 Å². The Morgan fingerprint density at radius 1 is 1.24 bits per heavy atom.